The lowest BCUT2D eigenvalue weighted by Gasteiger charge is -2.05. The highest BCUT2D eigenvalue weighted by Crippen LogP contribution is 2.42. The minimum Gasteiger partial charge on any atom is -0.436 e. The van der Waals surface area contributed by atoms with E-state index in [1.54, 1.807) is 12.1 Å². The quantitative estimate of drug-likeness (QED) is 0.202. The van der Waals surface area contributed by atoms with Crippen LogP contribution in [0.5, 0.6) is 0 Å². The molecule has 3 aromatic carbocycles. The molecule has 0 spiro atoms. The summed E-state index contributed by atoms with van der Waals surface area (Å²) in [5.41, 5.74) is 5.63. The Morgan fingerprint density at radius 1 is 0.906 bits per heavy atom. The Hall–Kier alpha value is -4.50. The number of nitrogens with zero attached hydrogens (tertiary/aromatic N) is 3. The first-order valence-electron chi connectivity index (χ1n) is 9.96. The van der Waals surface area contributed by atoms with Crippen molar-refractivity contribution >= 4 is 17.8 Å². The van der Waals surface area contributed by atoms with Gasteiger partial charge in [0, 0.05) is 29.5 Å². The molecule has 0 fully saturated rings. The predicted octanol–water partition coefficient (Wildman–Crippen LogP) is 6.76. The Morgan fingerprint density at radius 2 is 1.47 bits per heavy atom. The number of rotatable bonds is 5. The van der Waals surface area contributed by atoms with Crippen LogP contribution in [0.2, 0.25) is 0 Å². The highest BCUT2D eigenvalue weighted by atomic mass is 16.6. The van der Waals surface area contributed by atoms with Crippen LogP contribution in [0.15, 0.2) is 82.2 Å². The van der Waals surface area contributed by atoms with Gasteiger partial charge in [-0.15, -0.1) is 0 Å². The number of furan rings is 1. The molecule has 156 valence electrons. The monoisotopic (exact) mass is 421 g/mol. The summed E-state index contributed by atoms with van der Waals surface area (Å²) in [4.78, 5) is 14.8. The first-order chi connectivity index (χ1) is 15.5. The van der Waals surface area contributed by atoms with E-state index in [0.29, 0.717) is 22.5 Å². The Bertz CT molecular complexity index is 1340. The molecule has 0 unspecified atom stereocenters. The first kappa shape index (κ1) is 20.8. The summed E-state index contributed by atoms with van der Waals surface area (Å²) in [5.74, 6) is 0.762. The number of hydrogen-bond donors (Lipinski definition) is 0. The molecule has 0 amide bonds. The molecular formula is C26H19N3O3. The molecule has 1 heterocycles. The van der Waals surface area contributed by atoms with Gasteiger partial charge in [-0.3, -0.25) is 10.1 Å². The maximum absolute atomic E-state index is 10.8. The lowest BCUT2D eigenvalue weighted by molar-refractivity contribution is -0.384. The minimum atomic E-state index is -0.455. The van der Waals surface area contributed by atoms with E-state index in [4.69, 9.17) is 4.42 Å². The minimum absolute atomic E-state index is 0.00109. The van der Waals surface area contributed by atoms with Gasteiger partial charge in [-0.2, -0.15) is 5.26 Å². The van der Waals surface area contributed by atoms with E-state index in [-0.39, 0.29) is 11.6 Å². The van der Waals surface area contributed by atoms with Gasteiger partial charge >= 0.3 is 0 Å². The maximum atomic E-state index is 10.8. The standard InChI is InChI=1S/C26H19N3O3/c1-17-3-9-20(10-4-17)24-23(15-27)26(32-25(24)21-11-5-18(2)6-12-21)28-16-19-7-13-22(14-8-19)29(30)31/h3-14,16H,1-2H3. The zero-order chi connectivity index (χ0) is 22.7. The van der Waals surface area contributed by atoms with E-state index >= 15 is 0 Å². The Labute approximate surface area is 185 Å². The number of benzene rings is 3. The molecule has 0 bridgehead atoms. The van der Waals surface area contributed by atoms with Crippen LogP contribution in [0.3, 0.4) is 0 Å². The second-order valence-electron chi connectivity index (χ2n) is 7.44. The normalized spacial score (nSPS) is 10.9. The molecule has 0 aliphatic heterocycles. The number of hydrogen-bond acceptors (Lipinski definition) is 5. The van der Waals surface area contributed by atoms with Gasteiger partial charge in [0.2, 0.25) is 5.88 Å². The summed E-state index contributed by atoms with van der Waals surface area (Å²) < 4.78 is 6.10. The molecule has 0 aliphatic rings. The van der Waals surface area contributed by atoms with Gasteiger partial charge in [0.1, 0.15) is 17.4 Å². The summed E-state index contributed by atoms with van der Waals surface area (Å²) in [5, 5.41) is 20.8. The molecule has 0 radical (unpaired) electrons. The van der Waals surface area contributed by atoms with Crippen LogP contribution in [0.1, 0.15) is 22.3 Å². The van der Waals surface area contributed by atoms with Gasteiger partial charge in [-0.25, -0.2) is 4.99 Å². The van der Waals surface area contributed by atoms with Gasteiger partial charge in [-0.1, -0.05) is 59.7 Å². The van der Waals surface area contributed by atoms with Gasteiger partial charge < -0.3 is 4.42 Å². The fourth-order valence-corrected chi connectivity index (χ4v) is 3.33. The van der Waals surface area contributed by atoms with Crippen molar-refractivity contribution in [2.24, 2.45) is 4.99 Å². The zero-order valence-corrected chi connectivity index (χ0v) is 17.6. The third kappa shape index (κ3) is 4.18. The largest absolute Gasteiger partial charge is 0.436 e. The number of aryl methyl sites for hydroxylation is 2. The molecule has 4 aromatic rings. The van der Waals surface area contributed by atoms with E-state index in [2.05, 4.69) is 11.1 Å². The number of nitriles is 1. The number of nitro benzene ring substituents is 1. The molecule has 0 saturated carbocycles. The Kier molecular flexibility index (Phi) is 5.65. The van der Waals surface area contributed by atoms with Crippen molar-refractivity contribution in [2.75, 3.05) is 0 Å². The molecule has 0 atom stereocenters. The van der Waals surface area contributed by atoms with Crippen molar-refractivity contribution in [1.82, 2.24) is 0 Å². The second-order valence-corrected chi connectivity index (χ2v) is 7.44. The van der Waals surface area contributed by atoms with Crippen molar-refractivity contribution < 1.29 is 9.34 Å². The molecule has 0 N–H and O–H groups in total. The van der Waals surface area contributed by atoms with Crippen LogP contribution in [0.4, 0.5) is 11.6 Å². The lowest BCUT2D eigenvalue weighted by atomic mass is 9.97. The third-order valence-electron chi connectivity index (χ3n) is 5.09. The van der Waals surface area contributed by atoms with Gasteiger partial charge in [0.05, 0.1) is 4.92 Å². The van der Waals surface area contributed by atoms with Gasteiger partial charge in [-0.05, 0) is 37.1 Å². The zero-order valence-electron chi connectivity index (χ0n) is 17.6. The highest BCUT2D eigenvalue weighted by Gasteiger charge is 2.22. The van der Waals surface area contributed by atoms with Crippen molar-refractivity contribution in [3.8, 4) is 28.5 Å². The summed E-state index contributed by atoms with van der Waals surface area (Å²) in [7, 11) is 0. The molecule has 32 heavy (non-hydrogen) atoms. The molecular weight excluding hydrogens is 402 g/mol. The summed E-state index contributed by atoms with van der Waals surface area (Å²) in [6.07, 6.45) is 1.53. The third-order valence-corrected chi connectivity index (χ3v) is 5.09. The van der Waals surface area contributed by atoms with Crippen molar-refractivity contribution in [3.63, 3.8) is 0 Å². The van der Waals surface area contributed by atoms with E-state index in [1.807, 2.05) is 62.4 Å². The van der Waals surface area contributed by atoms with Crippen LogP contribution in [-0.2, 0) is 0 Å². The molecule has 6 heteroatoms. The van der Waals surface area contributed by atoms with Crippen molar-refractivity contribution in [3.05, 3.63) is 105 Å². The fraction of sp³-hybridized carbons (Fsp3) is 0.0769. The van der Waals surface area contributed by atoms with Gasteiger partial charge in [0.15, 0.2) is 0 Å². The lowest BCUT2D eigenvalue weighted by Crippen LogP contribution is -1.88. The van der Waals surface area contributed by atoms with E-state index in [1.165, 1.54) is 18.3 Å². The van der Waals surface area contributed by atoms with Crippen LogP contribution in [0, 0.1) is 35.3 Å². The van der Waals surface area contributed by atoms with Crippen molar-refractivity contribution in [1.29, 1.82) is 5.26 Å². The van der Waals surface area contributed by atoms with Crippen molar-refractivity contribution in [2.45, 2.75) is 13.8 Å². The SMILES string of the molecule is Cc1ccc(-c2oc(N=Cc3ccc([N+](=O)[O-])cc3)c(C#N)c2-c2ccc(C)cc2)cc1. The number of aliphatic imine (C=N–C) groups is 1. The second kappa shape index (κ2) is 8.70. The Morgan fingerprint density at radius 3 is 2.00 bits per heavy atom. The Balaban J connectivity index is 1.83. The molecule has 0 aliphatic carbocycles. The van der Waals surface area contributed by atoms with Gasteiger partial charge in [0.25, 0.3) is 5.69 Å². The fourth-order valence-electron chi connectivity index (χ4n) is 3.33. The van der Waals surface area contributed by atoms with E-state index < -0.39 is 4.92 Å². The summed E-state index contributed by atoms with van der Waals surface area (Å²) >= 11 is 0. The predicted molar refractivity (Wildman–Crippen MR) is 124 cm³/mol. The average molecular weight is 421 g/mol. The van der Waals surface area contributed by atoms with Crippen LogP contribution < -0.4 is 0 Å². The number of nitro groups is 1. The highest BCUT2D eigenvalue weighted by molar-refractivity contribution is 5.90. The van der Waals surface area contributed by atoms with E-state index in [9.17, 15) is 15.4 Å². The molecule has 6 nitrogen and oxygen atoms in total. The summed E-state index contributed by atoms with van der Waals surface area (Å²) in [6.45, 7) is 4.01. The summed E-state index contributed by atoms with van der Waals surface area (Å²) in [6, 6.07) is 24.0. The van der Waals surface area contributed by atoms with Crippen LogP contribution in [0.25, 0.3) is 22.5 Å². The van der Waals surface area contributed by atoms with Crippen LogP contribution >= 0.6 is 0 Å². The molecule has 4 rings (SSSR count). The smallest absolute Gasteiger partial charge is 0.269 e. The van der Waals surface area contributed by atoms with E-state index in [0.717, 1.165) is 22.3 Å². The average Bonchev–Trinajstić information content (AvgIpc) is 3.17. The maximum Gasteiger partial charge on any atom is 0.269 e. The topological polar surface area (TPSA) is 92.4 Å². The first-order valence-corrected chi connectivity index (χ1v) is 9.96. The van der Waals surface area contributed by atoms with Crippen LogP contribution in [-0.4, -0.2) is 11.1 Å². The molecule has 1 aromatic heterocycles. The number of non-ortho nitro benzene ring substituents is 1. The molecule has 0 saturated heterocycles.